The lowest BCUT2D eigenvalue weighted by Gasteiger charge is -2.11. The number of H-pyrrole nitrogens is 2. The zero-order valence-corrected chi connectivity index (χ0v) is 12.7. The SMILES string of the molecule is Cc1cc(NCc2ccn[nH]2)c2ccc(-c3ccn[nH]3)cc2n1. The number of nitrogens with one attached hydrogen (secondary N) is 3. The van der Waals surface area contributed by atoms with Gasteiger partial charge in [0.25, 0.3) is 0 Å². The molecule has 1 aromatic carbocycles. The van der Waals surface area contributed by atoms with Crippen molar-refractivity contribution in [3.63, 3.8) is 0 Å². The molecule has 23 heavy (non-hydrogen) atoms. The Labute approximate surface area is 133 Å². The highest BCUT2D eigenvalue weighted by Crippen LogP contribution is 2.27. The number of nitrogens with zero attached hydrogens (tertiary/aromatic N) is 3. The fraction of sp³-hybridized carbons (Fsp3) is 0.118. The van der Waals surface area contributed by atoms with Gasteiger partial charge in [-0.05, 0) is 31.2 Å². The van der Waals surface area contributed by atoms with Gasteiger partial charge in [-0.3, -0.25) is 15.2 Å². The van der Waals surface area contributed by atoms with E-state index in [-0.39, 0.29) is 0 Å². The van der Waals surface area contributed by atoms with E-state index < -0.39 is 0 Å². The lowest BCUT2D eigenvalue weighted by molar-refractivity contribution is 0.982. The fourth-order valence-electron chi connectivity index (χ4n) is 2.66. The summed E-state index contributed by atoms with van der Waals surface area (Å²) in [6.07, 6.45) is 3.50. The number of fused-ring (bicyclic) bond motifs is 1. The van der Waals surface area contributed by atoms with Crippen molar-refractivity contribution in [2.45, 2.75) is 13.5 Å². The summed E-state index contributed by atoms with van der Waals surface area (Å²) in [5.74, 6) is 0. The van der Waals surface area contributed by atoms with Crippen LogP contribution in [-0.4, -0.2) is 25.4 Å². The average Bonchev–Trinajstić information content (AvgIpc) is 3.25. The summed E-state index contributed by atoms with van der Waals surface area (Å²) in [5.41, 5.74) is 6.12. The maximum atomic E-state index is 4.66. The van der Waals surface area contributed by atoms with Gasteiger partial charge in [0, 0.05) is 34.7 Å². The topological polar surface area (TPSA) is 82.3 Å². The highest BCUT2D eigenvalue weighted by molar-refractivity contribution is 5.93. The van der Waals surface area contributed by atoms with Crippen molar-refractivity contribution in [2.24, 2.45) is 0 Å². The molecule has 4 rings (SSSR count). The summed E-state index contributed by atoms with van der Waals surface area (Å²) in [5, 5.41) is 18.5. The third kappa shape index (κ3) is 2.66. The molecule has 0 aliphatic carbocycles. The molecule has 0 aliphatic rings. The minimum Gasteiger partial charge on any atom is -0.379 e. The number of pyridine rings is 1. The van der Waals surface area contributed by atoms with Gasteiger partial charge in [0.1, 0.15) is 0 Å². The van der Waals surface area contributed by atoms with E-state index in [0.29, 0.717) is 6.54 Å². The molecule has 3 N–H and O–H groups in total. The predicted octanol–water partition coefficient (Wildman–Crippen LogP) is 3.27. The minimum atomic E-state index is 0.695. The van der Waals surface area contributed by atoms with Gasteiger partial charge in [-0.2, -0.15) is 10.2 Å². The van der Waals surface area contributed by atoms with Crippen molar-refractivity contribution in [1.29, 1.82) is 0 Å². The van der Waals surface area contributed by atoms with Crippen LogP contribution in [0.1, 0.15) is 11.4 Å². The highest BCUT2D eigenvalue weighted by atomic mass is 15.1. The van der Waals surface area contributed by atoms with Crippen molar-refractivity contribution >= 4 is 16.6 Å². The standard InChI is InChI=1S/C17H16N6/c1-11-8-16(18-10-13-4-6-19-22-13)14-3-2-12(9-17(14)21-11)15-5-7-20-23-15/h2-9H,10H2,1H3,(H,18,21)(H,19,22)(H,20,23). The highest BCUT2D eigenvalue weighted by Gasteiger charge is 2.07. The van der Waals surface area contributed by atoms with Crippen LogP contribution in [0.3, 0.4) is 0 Å². The molecular weight excluding hydrogens is 288 g/mol. The maximum absolute atomic E-state index is 4.66. The van der Waals surface area contributed by atoms with E-state index in [9.17, 15) is 0 Å². The van der Waals surface area contributed by atoms with Gasteiger partial charge in [-0.25, -0.2) is 0 Å². The molecule has 0 unspecified atom stereocenters. The second kappa shape index (κ2) is 5.57. The number of aryl methyl sites for hydroxylation is 1. The molecule has 3 aromatic heterocycles. The van der Waals surface area contributed by atoms with E-state index >= 15 is 0 Å². The van der Waals surface area contributed by atoms with E-state index in [4.69, 9.17) is 0 Å². The summed E-state index contributed by atoms with van der Waals surface area (Å²) in [4.78, 5) is 4.66. The molecule has 6 heteroatoms. The molecule has 4 aromatic rings. The van der Waals surface area contributed by atoms with E-state index in [1.54, 1.807) is 12.4 Å². The molecular formula is C17H16N6. The first-order valence-electron chi connectivity index (χ1n) is 7.43. The van der Waals surface area contributed by atoms with Crippen LogP contribution >= 0.6 is 0 Å². The molecule has 114 valence electrons. The van der Waals surface area contributed by atoms with Crippen molar-refractivity contribution in [2.75, 3.05) is 5.32 Å². The van der Waals surface area contributed by atoms with E-state index in [1.165, 1.54) is 0 Å². The van der Waals surface area contributed by atoms with Crippen LogP contribution < -0.4 is 5.32 Å². The summed E-state index contributed by atoms with van der Waals surface area (Å²) in [6.45, 7) is 2.70. The summed E-state index contributed by atoms with van der Waals surface area (Å²) < 4.78 is 0. The maximum Gasteiger partial charge on any atom is 0.0732 e. The number of aromatic amines is 2. The van der Waals surface area contributed by atoms with Crippen LogP contribution in [0.25, 0.3) is 22.2 Å². The largest absolute Gasteiger partial charge is 0.379 e. The Balaban J connectivity index is 1.73. The summed E-state index contributed by atoms with van der Waals surface area (Å²) in [6, 6.07) is 12.2. The molecule has 0 fully saturated rings. The number of anilines is 1. The van der Waals surface area contributed by atoms with Crippen molar-refractivity contribution in [3.8, 4) is 11.3 Å². The van der Waals surface area contributed by atoms with Crippen LogP contribution in [-0.2, 0) is 6.54 Å². The number of rotatable bonds is 4. The van der Waals surface area contributed by atoms with E-state index in [1.807, 2.05) is 19.1 Å². The first-order valence-corrected chi connectivity index (χ1v) is 7.43. The first kappa shape index (κ1) is 13.5. The number of benzene rings is 1. The molecule has 0 atom stereocenters. The zero-order valence-electron chi connectivity index (χ0n) is 12.7. The zero-order chi connectivity index (χ0) is 15.6. The number of hydrogen-bond donors (Lipinski definition) is 3. The van der Waals surface area contributed by atoms with Crippen LogP contribution in [0.5, 0.6) is 0 Å². The molecule has 0 saturated heterocycles. The fourth-order valence-corrected chi connectivity index (χ4v) is 2.66. The van der Waals surface area contributed by atoms with Gasteiger partial charge < -0.3 is 5.32 Å². The molecule has 0 saturated carbocycles. The average molecular weight is 304 g/mol. The van der Waals surface area contributed by atoms with Crippen LogP contribution in [0.4, 0.5) is 5.69 Å². The molecule has 3 heterocycles. The molecule has 0 spiro atoms. The Morgan fingerprint density at radius 1 is 1.00 bits per heavy atom. The number of aromatic nitrogens is 5. The normalized spacial score (nSPS) is 11.0. The van der Waals surface area contributed by atoms with Gasteiger partial charge >= 0.3 is 0 Å². The van der Waals surface area contributed by atoms with Crippen molar-refractivity contribution in [1.82, 2.24) is 25.4 Å². The monoisotopic (exact) mass is 304 g/mol. The smallest absolute Gasteiger partial charge is 0.0732 e. The van der Waals surface area contributed by atoms with Gasteiger partial charge in [0.2, 0.25) is 0 Å². The second-order valence-electron chi connectivity index (χ2n) is 5.45. The molecule has 0 radical (unpaired) electrons. The lowest BCUT2D eigenvalue weighted by Crippen LogP contribution is -2.02. The van der Waals surface area contributed by atoms with Gasteiger partial charge in [0.15, 0.2) is 0 Å². The van der Waals surface area contributed by atoms with E-state index in [2.05, 4.69) is 55.0 Å². The lowest BCUT2D eigenvalue weighted by atomic mass is 10.1. The summed E-state index contributed by atoms with van der Waals surface area (Å²) in [7, 11) is 0. The molecule has 0 aliphatic heterocycles. The first-order chi connectivity index (χ1) is 11.3. The molecule has 0 bridgehead atoms. The minimum absolute atomic E-state index is 0.695. The predicted molar refractivity (Wildman–Crippen MR) is 90.0 cm³/mol. The summed E-state index contributed by atoms with van der Waals surface area (Å²) >= 11 is 0. The van der Waals surface area contributed by atoms with Crippen molar-refractivity contribution < 1.29 is 0 Å². The number of hydrogen-bond acceptors (Lipinski definition) is 4. The van der Waals surface area contributed by atoms with Crippen LogP contribution in [0.15, 0.2) is 48.8 Å². The third-order valence-corrected chi connectivity index (χ3v) is 3.78. The van der Waals surface area contributed by atoms with Gasteiger partial charge in [-0.1, -0.05) is 12.1 Å². The Bertz CT molecular complexity index is 925. The Morgan fingerprint density at radius 2 is 1.87 bits per heavy atom. The van der Waals surface area contributed by atoms with Crippen molar-refractivity contribution in [3.05, 3.63) is 60.2 Å². The van der Waals surface area contributed by atoms with Crippen LogP contribution in [0, 0.1) is 6.92 Å². The Kier molecular flexibility index (Phi) is 3.27. The van der Waals surface area contributed by atoms with E-state index in [0.717, 1.165) is 39.2 Å². The Morgan fingerprint density at radius 3 is 2.65 bits per heavy atom. The third-order valence-electron chi connectivity index (χ3n) is 3.78. The quantitative estimate of drug-likeness (QED) is 0.540. The Hall–Kier alpha value is -3.15. The van der Waals surface area contributed by atoms with Gasteiger partial charge in [0.05, 0.1) is 23.4 Å². The van der Waals surface area contributed by atoms with Crippen LogP contribution in [0.2, 0.25) is 0 Å². The molecule has 0 amide bonds. The van der Waals surface area contributed by atoms with Gasteiger partial charge in [-0.15, -0.1) is 0 Å². The molecule has 6 nitrogen and oxygen atoms in total. The second-order valence-corrected chi connectivity index (χ2v) is 5.45.